The molecule has 0 bridgehead atoms. The van der Waals surface area contributed by atoms with Crippen LogP contribution in [0.25, 0.3) is 11.3 Å². The number of nitrogens with one attached hydrogen (secondary N) is 1. The number of hydrogen-bond acceptors (Lipinski definition) is 4. The Bertz CT molecular complexity index is 1010. The summed E-state index contributed by atoms with van der Waals surface area (Å²) >= 11 is 17.0. The van der Waals surface area contributed by atoms with Crippen molar-refractivity contribution in [3.05, 3.63) is 80.4 Å². The van der Waals surface area contributed by atoms with Gasteiger partial charge in [0.1, 0.15) is 11.5 Å². The van der Waals surface area contributed by atoms with Gasteiger partial charge in [-0.1, -0.05) is 51.3 Å². The summed E-state index contributed by atoms with van der Waals surface area (Å²) in [7, 11) is 0. The van der Waals surface area contributed by atoms with E-state index in [4.69, 9.17) is 27.6 Å². The van der Waals surface area contributed by atoms with E-state index in [9.17, 15) is 4.79 Å². The second-order valence-corrected chi connectivity index (χ2v) is 8.49. The molecule has 28 heavy (non-hydrogen) atoms. The second-order valence-electron chi connectivity index (χ2n) is 5.74. The van der Waals surface area contributed by atoms with Crippen molar-refractivity contribution >= 4 is 63.0 Å². The number of benzene rings is 2. The Morgan fingerprint density at radius 1 is 1.18 bits per heavy atom. The van der Waals surface area contributed by atoms with Crippen LogP contribution in [-0.2, 0) is 10.5 Å². The van der Waals surface area contributed by atoms with Gasteiger partial charge in [0.15, 0.2) is 0 Å². The van der Waals surface area contributed by atoms with Gasteiger partial charge in [0.2, 0.25) is 5.91 Å². The first-order valence-electron chi connectivity index (χ1n) is 8.20. The Labute approximate surface area is 185 Å². The predicted octanol–water partition coefficient (Wildman–Crippen LogP) is 6.40. The summed E-state index contributed by atoms with van der Waals surface area (Å²) in [5.74, 6) is 1.99. The molecule has 1 aromatic heterocycles. The number of halogens is 3. The fraction of sp³-hybridized carbons (Fsp3) is 0.100. The van der Waals surface area contributed by atoms with Crippen LogP contribution in [0.15, 0.2) is 68.6 Å². The van der Waals surface area contributed by atoms with Crippen LogP contribution in [0.3, 0.4) is 0 Å². The lowest BCUT2D eigenvalue weighted by Crippen LogP contribution is -2.19. The monoisotopic (exact) mass is 496 g/mol. The Kier molecular flexibility index (Phi) is 7.62. The molecular weight excluding hydrogens is 483 g/mol. The highest BCUT2D eigenvalue weighted by molar-refractivity contribution is 9.10. The molecule has 3 aromatic rings. The van der Waals surface area contributed by atoms with Gasteiger partial charge in [-0.3, -0.25) is 4.79 Å². The Hall–Kier alpha value is -1.73. The largest absolute Gasteiger partial charge is 0.455 e. The van der Waals surface area contributed by atoms with Crippen molar-refractivity contribution in [2.24, 2.45) is 5.10 Å². The minimum absolute atomic E-state index is 0.177. The average molecular weight is 498 g/mol. The van der Waals surface area contributed by atoms with Crippen molar-refractivity contribution < 1.29 is 9.21 Å². The molecule has 1 N–H and O–H groups in total. The van der Waals surface area contributed by atoms with Crippen molar-refractivity contribution in [2.75, 3.05) is 5.75 Å². The van der Waals surface area contributed by atoms with Gasteiger partial charge in [0.25, 0.3) is 0 Å². The lowest BCUT2D eigenvalue weighted by molar-refractivity contribution is -0.118. The van der Waals surface area contributed by atoms with E-state index in [0.29, 0.717) is 27.3 Å². The van der Waals surface area contributed by atoms with Crippen LogP contribution in [0, 0.1) is 0 Å². The van der Waals surface area contributed by atoms with E-state index in [1.54, 1.807) is 30.3 Å². The molecule has 0 atom stereocenters. The van der Waals surface area contributed by atoms with Gasteiger partial charge in [-0.15, -0.1) is 11.8 Å². The molecule has 144 valence electrons. The summed E-state index contributed by atoms with van der Waals surface area (Å²) in [5, 5.41) is 4.99. The lowest BCUT2D eigenvalue weighted by atomic mass is 10.2. The molecule has 8 heteroatoms. The highest BCUT2D eigenvalue weighted by atomic mass is 79.9. The van der Waals surface area contributed by atoms with Crippen LogP contribution in [0.1, 0.15) is 11.3 Å². The topological polar surface area (TPSA) is 54.6 Å². The summed E-state index contributed by atoms with van der Waals surface area (Å²) in [6, 6.07) is 16.7. The predicted molar refractivity (Wildman–Crippen MR) is 120 cm³/mol. The van der Waals surface area contributed by atoms with Gasteiger partial charge in [0.05, 0.1) is 17.0 Å². The third-order valence-corrected chi connectivity index (χ3v) is 5.64. The highest BCUT2D eigenvalue weighted by Crippen LogP contribution is 2.31. The zero-order valence-electron chi connectivity index (χ0n) is 14.5. The van der Waals surface area contributed by atoms with E-state index in [0.717, 1.165) is 21.4 Å². The van der Waals surface area contributed by atoms with Gasteiger partial charge in [-0.2, -0.15) is 5.10 Å². The van der Waals surface area contributed by atoms with Gasteiger partial charge in [0, 0.05) is 20.8 Å². The van der Waals surface area contributed by atoms with Crippen LogP contribution in [0.4, 0.5) is 0 Å². The van der Waals surface area contributed by atoms with E-state index < -0.39 is 0 Å². The number of carbonyl (C=O) groups is 1. The van der Waals surface area contributed by atoms with Crippen LogP contribution in [0.2, 0.25) is 10.0 Å². The van der Waals surface area contributed by atoms with Crippen molar-refractivity contribution in [3.8, 4) is 11.3 Å². The molecule has 2 aromatic carbocycles. The molecule has 0 aliphatic carbocycles. The van der Waals surface area contributed by atoms with Crippen LogP contribution < -0.4 is 5.43 Å². The number of hydrogen-bond donors (Lipinski definition) is 1. The van der Waals surface area contributed by atoms with Gasteiger partial charge >= 0.3 is 0 Å². The molecule has 1 amide bonds. The van der Waals surface area contributed by atoms with E-state index >= 15 is 0 Å². The standard InChI is InChI=1S/C20H15BrCl2N2O2S/c21-14-3-1-2-13(8-14)11-28-12-20(26)25-24-10-16-5-7-19(27-16)17-6-4-15(22)9-18(17)23/h1-10H,11-12H2,(H,25,26)/b24-10+. The van der Waals surface area contributed by atoms with Gasteiger partial charge < -0.3 is 4.42 Å². The minimum Gasteiger partial charge on any atom is -0.455 e. The van der Waals surface area contributed by atoms with Crippen molar-refractivity contribution in [1.82, 2.24) is 5.43 Å². The summed E-state index contributed by atoms with van der Waals surface area (Å²) in [4.78, 5) is 11.9. The zero-order chi connectivity index (χ0) is 19.9. The molecule has 0 aliphatic rings. The van der Waals surface area contributed by atoms with Crippen LogP contribution >= 0.6 is 50.9 Å². The number of thioether (sulfide) groups is 1. The molecule has 0 unspecified atom stereocenters. The second kappa shape index (κ2) is 10.2. The normalized spacial score (nSPS) is 11.1. The van der Waals surface area contributed by atoms with Gasteiger partial charge in [-0.05, 0) is 48.0 Å². The zero-order valence-corrected chi connectivity index (χ0v) is 18.4. The summed E-state index contributed by atoms with van der Waals surface area (Å²) < 4.78 is 6.71. The van der Waals surface area contributed by atoms with E-state index in [-0.39, 0.29) is 5.91 Å². The number of amides is 1. The van der Waals surface area contributed by atoms with Crippen molar-refractivity contribution in [1.29, 1.82) is 0 Å². The maximum atomic E-state index is 11.9. The first-order chi connectivity index (χ1) is 13.5. The van der Waals surface area contributed by atoms with Crippen molar-refractivity contribution in [3.63, 3.8) is 0 Å². The molecule has 0 saturated carbocycles. The smallest absolute Gasteiger partial charge is 0.250 e. The molecule has 3 rings (SSSR count). The molecule has 0 saturated heterocycles. The Balaban J connectivity index is 1.48. The van der Waals surface area contributed by atoms with Crippen LogP contribution in [0.5, 0.6) is 0 Å². The molecule has 1 heterocycles. The molecule has 0 fully saturated rings. The fourth-order valence-electron chi connectivity index (χ4n) is 2.34. The van der Waals surface area contributed by atoms with Crippen LogP contribution in [-0.4, -0.2) is 17.9 Å². The molecule has 4 nitrogen and oxygen atoms in total. The summed E-state index contributed by atoms with van der Waals surface area (Å²) in [5.41, 5.74) is 4.38. The Morgan fingerprint density at radius 2 is 2.04 bits per heavy atom. The molecule has 0 radical (unpaired) electrons. The first kappa shape index (κ1) is 21.0. The summed E-state index contributed by atoms with van der Waals surface area (Å²) in [6.07, 6.45) is 1.45. The molecular formula is C20H15BrCl2N2O2S. The third-order valence-electron chi connectivity index (χ3n) is 3.60. The number of nitrogens with zero attached hydrogens (tertiary/aromatic N) is 1. The SMILES string of the molecule is O=C(CSCc1cccc(Br)c1)N/N=C/c1ccc(-c2ccc(Cl)cc2Cl)o1. The number of hydrazone groups is 1. The van der Waals surface area contributed by atoms with E-state index in [1.807, 2.05) is 24.3 Å². The first-order valence-corrected chi connectivity index (χ1v) is 10.9. The maximum Gasteiger partial charge on any atom is 0.250 e. The van der Waals surface area contributed by atoms with Crippen molar-refractivity contribution in [2.45, 2.75) is 5.75 Å². The summed E-state index contributed by atoms with van der Waals surface area (Å²) in [6.45, 7) is 0. The quantitative estimate of drug-likeness (QED) is 0.303. The van der Waals surface area contributed by atoms with E-state index in [1.165, 1.54) is 18.0 Å². The highest BCUT2D eigenvalue weighted by Gasteiger charge is 2.08. The van der Waals surface area contributed by atoms with E-state index in [2.05, 4.69) is 26.5 Å². The lowest BCUT2D eigenvalue weighted by Gasteiger charge is -2.02. The third kappa shape index (κ3) is 6.14. The fourth-order valence-corrected chi connectivity index (χ4v) is 4.06. The molecule has 0 aliphatic heterocycles. The average Bonchev–Trinajstić information content (AvgIpc) is 3.10. The number of carbonyl (C=O) groups excluding carboxylic acids is 1. The number of furan rings is 1. The number of rotatable bonds is 7. The van der Waals surface area contributed by atoms with Gasteiger partial charge in [-0.25, -0.2) is 5.43 Å². The maximum absolute atomic E-state index is 11.9. The minimum atomic E-state index is -0.177. The molecule has 0 spiro atoms. The Morgan fingerprint density at radius 3 is 2.82 bits per heavy atom.